The van der Waals surface area contributed by atoms with E-state index in [0.717, 1.165) is 38.6 Å². The third-order valence-corrected chi connectivity index (χ3v) is 3.91. The van der Waals surface area contributed by atoms with Crippen molar-refractivity contribution >= 4 is 5.78 Å². The molecule has 0 N–H and O–H groups in total. The highest BCUT2D eigenvalue weighted by atomic mass is 16.1. The summed E-state index contributed by atoms with van der Waals surface area (Å²) in [4.78, 5) is 24.1. The van der Waals surface area contributed by atoms with Gasteiger partial charge in [-0.3, -0.25) is 9.59 Å². The van der Waals surface area contributed by atoms with Gasteiger partial charge in [0.1, 0.15) is 0 Å². The molecule has 0 amide bonds. The largest absolute Gasteiger partial charge is 0.312 e. The second kappa shape index (κ2) is 5.72. The predicted molar refractivity (Wildman–Crippen MR) is 76.8 cm³/mol. The molecule has 3 nitrogen and oxygen atoms in total. The van der Waals surface area contributed by atoms with E-state index in [1.807, 2.05) is 10.6 Å². The fourth-order valence-corrected chi connectivity index (χ4v) is 2.76. The van der Waals surface area contributed by atoms with Crippen LogP contribution in [0.1, 0.15) is 61.6 Å². The van der Waals surface area contributed by atoms with Gasteiger partial charge in [0, 0.05) is 12.2 Å². The van der Waals surface area contributed by atoms with Crippen molar-refractivity contribution in [1.82, 2.24) is 4.57 Å². The molecule has 0 atom stereocenters. The molecule has 104 valence electrons. The minimum Gasteiger partial charge on any atom is -0.312 e. The monoisotopic (exact) mass is 261 g/mol. The van der Waals surface area contributed by atoms with Crippen LogP contribution in [-0.2, 0) is 19.4 Å². The lowest BCUT2D eigenvalue weighted by molar-refractivity contribution is 0.101. The van der Waals surface area contributed by atoms with E-state index in [-0.39, 0.29) is 11.3 Å². The molecule has 0 saturated carbocycles. The fourth-order valence-electron chi connectivity index (χ4n) is 2.76. The minimum absolute atomic E-state index is 0.0891. The third-order valence-electron chi connectivity index (χ3n) is 3.91. The van der Waals surface area contributed by atoms with E-state index in [4.69, 9.17) is 0 Å². The Morgan fingerprint density at radius 1 is 1.32 bits per heavy atom. The number of nitrogens with zero attached hydrogens (tertiary/aromatic N) is 1. The number of rotatable bonds is 4. The van der Waals surface area contributed by atoms with E-state index in [1.165, 1.54) is 18.2 Å². The Balaban J connectivity index is 2.50. The first-order valence-corrected chi connectivity index (χ1v) is 7.27. The molecule has 3 heteroatoms. The van der Waals surface area contributed by atoms with E-state index in [2.05, 4.69) is 13.8 Å². The Labute approximate surface area is 114 Å². The van der Waals surface area contributed by atoms with Crippen LogP contribution in [0.4, 0.5) is 0 Å². The highest BCUT2D eigenvalue weighted by Crippen LogP contribution is 2.21. The number of hydrogen-bond donors (Lipinski definition) is 0. The van der Waals surface area contributed by atoms with Gasteiger partial charge in [-0.15, -0.1) is 0 Å². The Kier molecular flexibility index (Phi) is 4.23. The van der Waals surface area contributed by atoms with Gasteiger partial charge < -0.3 is 4.57 Å². The van der Waals surface area contributed by atoms with Crippen LogP contribution in [0.25, 0.3) is 0 Å². The summed E-state index contributed by atoms with van der Waals surface area (Å²) in [5, 5.41) is 0. The molecule has 1 aliphatic carbocycles. The zero-order chi connectivity index (χ0) is 14.0. The normalized spacial score (nSPS) is 14.5. The topological polar surface area (TPSA) is 39.1 Å². The predicted octanol–water partition coefficient (Wildman–Crippen LogP) is 2.98. The summed E-state index contributed by atoms with van der Waals surface area (Å²) in [6, 6.07) is 1.84. The summed E-state index contributed by atoms with van der Waals surface area (Å²) in [7, 11) is 0. The highest BCUT2D eigenvalue weighted by Gasteiger charge is 2.19. The SMILES string of the molecule is CC(=O)c1cc2c(n(CCC(C)C)c1=O)CCCC2. The second-order valence-electron chi connectivity index (χ2n) is 5.93. The number of pyridine rings is 1. The lowest BCUT2D eigenvalue weighted by Gasteiger charge is -2.22. The van der Waals surface area contributed by atoms with E-state index in [0.29, 0.717) is 11.5 Å². The highest BCUT2D eigenvalue weighted by molar-refractivity contribution is 5.93. The Bertz CT molecular complexity index is 540. The molecule has 2 rings (SSSR count). The van der Waals surface area contributed by atoms with E-state index < -0.39 is 0 Å². The zero-order valence-corrected chi connectivity index (χ0v) is 12.2. The first-order chi connectivity index (χ1) is 9.00. The van der Waals surface area contributed by atoms with Crippen LogP contribution < -0.4 is 5.56 Å². The van der Waals surface area contributed by atoms with Crippen LogP contribution in [0.3, 0.4) is 0 Å². The van der Waals surface area contributed by atoms with Gasteiger partial charge in [0.05, 0.1) is 5.56 Å². The third kappa shape index (κ3) is 2.96. The summed E-state index contributed by atoms with van der Waals surface area (Å²) >= 11 is 0. The zero-order valence-electron chi connectivity index (χ0n) is 12.2. The number of carbonyl (C=O) groups is 1. The number of ketones is 1. The standard InChI is InChI=1S/C16H23NO2/c1-11(2)8-9-17-15-7-5-4-6-13(15)10-14(12(3)18)16(17)19/h10-11H,4-9H2,1-3H3. The Morgan fingerprint density at radius 3 is 2.63 bits per heavy atom. The van der Waals surface area contributed by atoms with Gasteiger partial charge in [0.2, 0.25) is 0 Å². The molecule has 0 saturated heterocycles. The lowest BCUT2D eigenvalue weighted by Crippen LogP contribution is -2.31. The summed E-state index contributed by atoms with van der Waals surface area (Å²) in [5.41, 5.74) is 2.65. The van der Waals surface area contributed by atoms with Crippen molar-refractivity contribution in [2.24, 2.45) is 5.92 Å². The first kappa shape index (κ1) is 14.0. The van der Waals surface area contributed by atoms with Crippen LogP contribution in [0.15, 0.2) is 10.9 Å². The van der Waals surface area contributed by atoms with Crippen molar-refractivity contribution in [2.45, 2.75) is 59.4 Å². The summed E-state index contributed by atoms with van der Waals surface area (Å²) < 4.78 is 1.87. The maximum absolute atomic E-state index is 12.4. The van der Waals surface area contributed by atoms with Gasteiger partial charge in [-0.05, 0) is 56.6 Å². The van der Waals surface area contributed by atoms with Gasteiger partial charge in [0.25, 0.3) is 5.56 Å². The van der Waals surface area contributed by atoms with Crippen molar-refractivity contribution in [3.8, 4) is 0 Å². The number of fused-ring (bicyclic) bond motifs is 1. The average molecular weight is 261 g/mol. The van der Waals surface area contributed by atoms with Crippen LogP contribution >= 0.6 is 0 Å². The number of hydrogen-bond acceptors (Lipinski definition) is 2. The summed E-state index contributed by atoms with van der Waals surface area (Å²) in [6.07, 6.45) is 5.26. The maximum atomic E-state index is 12.4. The van der Waals surface area contributed by atoms with Gasteiger partial charge in [-0.25, -0.2) is 0 Å². The Hall–Kier alpha value is -1.38. The molecular formula is C16H23NO2. The average Bonchev–Trinajstić information content (AvgIpc) is 2.36. The van der Waals surface area contributed by atoms with Crippen LogP contribution in [0.2, 0.25) is 0 Å². The molecule has 1 aliphatic rings. The maximum Gasteiger partial charge on any atom is 0.261 e. The van der Waals surface area contributed by atoms with Gasteiger partial charge in [-0.2, -0.15) is 0 Å². The van der Waals surface area contributed by atoms with E-state index >= 15 is 0 Å². The molecule has 1 aromatic rings. The number of carbonyl (C=O) groups excluding carboxylic acids is 1. The lowest BCUT2D eigenvalue weighted by atomic mass is 9.93. The second-order valence-corrected chi connectivity index (χ2v) is 5.93. The van der Waals surface area contributed by atoms with Gasteiger partial charge >= 0.3 is 0 Å². The fraction of sp³-hybridized carbons (Fsp3) is 0.625. The summed E-state index contributed by atoms with van der Waals surface area (Å²) in [6.45, 7) is 6.54. The minimum atomic E-state index is -0.114. The van der Waals surface area contributed by atoms with Crippen molar-refractivity contribution in [3.05, 3.63) is 33.2 Å². The van der Waals surface area contributed by atoms with E-state index in [9.17, 15) is 9.59 Å². The van der Waals surface area contributed by atoms with Crippen molar-refractivity contribution in [1.29, 1.82) is 0 Å². The Morgan fingerprint density at radius 2 is 2.00 bits per heavy atom. The smallest absolute Gasteiger partial charge is 0.261 e. The molecule has 19 heavy (non-hydrogen) atoms. The molecule has 1 heterocycles. The molecule has 0 unspecified atom stereocenters. The molecule has 0 aliphatic heterocycles. The molecule has 0 fully saturated rings. The molecule has 0 aromatic carbocycles. The number of Topliss-reactive ketones (excluding diaryl/α,β-unsaturated/α-hetero) is 1. The molecule has 0 spiro atoms. The van der Waals surface area contributed by atoms with Crippen molar-refractivity contribution in [2.75, 3.05) is 0 Å². The van der Waals surface area contributed by atoms with Gasteiger partial charge in [0.15, 0.2) is 5.78 Å². The number of aromatic nitrogens is 1. The van der Waals surface area contributed by atoms with Crippen LogP contribution in [0.5, 0.6) is 0 Å². The molecule has 0 radical (unpaired) electrons. The van der Waals surface area contributed by atoms with Crippen molar-refractivity contribution in [3.63, 3.8) is 0 Å². The van der Waals surface area contributed by atoms with Crippen LogP contribution in [-0.4, -0.2) is 10.4 Å². The van der Waals surface area contributed by atoms with Crippen LogP contribution in [0, 0.1) is 5.92 Å². The van der Waals surface area contributed by atoms with E-state index in [1.54, 1.807) is 0 Å². The van der Waals surface area contributed by atoms with Crippen molar-refractivity contribution < 1.29 is 4.79 Å². The summed E-state index contributed by atoms with van der Waals surface area (Å²) in [5.74, 6) is 0.448. The molecular weight excluding hydrogens is 238 g/mol. The quantitative estimate of drug-likeness (QED) is 0.782. The molecule has 0 bridgehead atoms. The van der Waals surface area contributed by atoms with Gasteiger partial charge in [-0.1, -0.05) is 13.8 Å². The number of aryl methyl sites for hydroxylation is 1. The first-order valence-electron chi connectivity index (χ1n) is 7.27. The molecule has 1 aromatic heterocycles.